The van der Waals surface area contributed by atoms with Gasteiger partial charge in [-0.3, -0.25) is 0 Å². The number of hydrogen-bond donors (Lipinski definition) is 0. The standard InChI is InChI=1S/C24H18Cl4F3NO4/c25-19-12-18(34-11-8-21(27)28)13-20(26)23(19)35-10-1-9-33-16-3-5-17(6-4-16)36-22-7-2-15(14-32-22)24(29,30)31/h2-8,11-14,21H,1,9-10H2. The zero-order chi connectivity index (χ0) is 26.1. The summed E-state index contributed by atoms with van der Waals surface area (Å²) < 4.78 is 59.9. The predicted molar refractivity (Wildman–Crippen MR) is 133 cm³/mol. The van der Waals surface area contributed by atoms with Crippen molar-refractivity contribution in [2.24, 2.45) is 0 Å². The lowest BCUT2D eigenvalue weighted by molar-refractivity contribution is -0.137. The van der Waals surface area contributed by atoms with Crippen molar-refractivity contribution >= 4 is 46.4 Å². The van der Waals surface area contributed by atoms with Crippen LogP contribution in [0.1, 0.15) is 12.0 Å². The predicted octanol–water partition coefficient (Wildman–Crippen LogP) is 8.74. The minimum atomic E-state index is -4.45. The van der Waals surface area contributed by atoms with Crippen molar-refractivity contribution < 1.29 is 32.1 Å². The Morgan fingerprint density at radius 2 is 1.50 bits per heavy atom. The van der Waals surface area contributed by atoms with Crippen molar-refractivity contribution in [2.45, 2.75) is 17.4 Å². The topological polar surface area (TPSA) is 49.8 Å². The number of allylic oxidation sites excluding steroid dienone is 1. The van der Waals surface area contributed by atoms with Crippen LogP contribution in [0.3, 0.4) is 0 Å². The second-order valence-corrected chi connectivity index (χ2v) is 8.98. The molecule has 3 aromatic rings. The van der Waals surface area contributed by atoms with E-state index < -0.39 is 16.6 Å². The first-order valence-corrected chi connectivity index (χ1v) is 11.9. The van der Waals surface area contributed by atoms with Gasteiger partial charge in [0.25, 0.3) is 0 Å². The fourth-order valence-electron chi connectivity index (χ4n) is 2.68. The second-order valence-electron chi connectivity index (χ2n) is 7.00. The fraction of sp³-hybridized carbons (Fsp3) is 0.208. The molecule has 0 aliphatic carbocycles. The minimum absolute atomic E-state index is 0.0429. The van der Waals surface area contributed by atoms with Gasteiger partial charge in [-0.05, 0) is 36.4 Å². The summed E-state index contributed by atoms with van der Waals surface area (Å²) in [6.45, 7) is 0.639. The van der Waals surface area contributed by atoms with Gasteiger partial charge in [0.2, 0.25) is 5.88 Å². The molecule has 1 aromatic heterocycles. The zero-order valence-electron chi connectivity index (χ0n) is 18.3. The lowest BCUT2D eigenvalue weighted by atomic mass is 10.3. The first-order valence-electron chi connectivity index (χ1n) is 10.3. The van der Waals surface area contributed by atoms with Gasteiger partial charge in [-0.15, -0.1) is 23.2 Å². The average Bonchev–Trinajstić information content (AvgIpc) is 2.81. The maximum Gasteiger partial charge on any atom is 0.417 e. The number of aromatic nitrogens is 1. The smallest absolute Gasteiger partial charge is 0.417 e. The van der Waals surface area contributed by atoms with E-state index in [1.54, 1.807) is 36.4 Å². The quantitative estimate of drug-likeness (QED) is 0.128. The Balaban J connectivity index is 1.42. The molecule has 0 fully saturated rings. The van der Waals surface area contributed by atoms with E-state index >= 15 is 0 Å². The van der Waals surface area contributed by atoms with Crippen LogP contribution in [0.15, 0.2) is 67.1 Å². The molecule has 36 heavy (non-hydrogen) atoms. The summed E-state index contributed by atoms with van der Waals surface area (Å²) >= 11 is 23.6. The zero-order valence-corrected chi connectivity index (χ0v) is 21.3. The third-order valence-electron chi connectivity index (χ3n) is 4.31. The van der Waals surface area contributed by atoms with Crippen LogP contribution in [0.4, 0.5) is 13.2 Å². The molecule has 1 heterocycles. The monoisotopic (exact) mass is 581 g/mol. The first kappa shape index (κ1) is 28.1. The molecule has 2 aromatic carbocycles. The number of alkyl halides is 5. The van der Waals surface area contributed by atoms with Gasteiger partial charge in [0.05, 0.1) is 35.1 Å². The van der Waals surface area contributed by atoms with Crippen molar-refractivity contribution in [3.63, 3.8) is 0 Å². The van der Waals surface area contributed by atoms with E-state index in [1.807, 2.05) is 0 Å². The second kappa shape index (κ2) is 13.1. The summed E-state index contributed by atoms with van der Waals surface area (Å²) in [7, 11) is 0. The summed E-state index contributed by atoms with van der Waals surface area (Å²) in [4.78, 5) is 2.97. The van der Waals surface area contributed by atoms with E-state index in [0.29, 0.717) is 48.8 Å². The van der Waals surface area contributed by atoms with Gasteiger partial charge in [0.1, 0.15) is 22.1 Å². The third kappa shape index (κ3) is 8.85. The summed E-state index contributed by atoms with van der Waals surface area (Å²) in [6, 6.07) is 11.7. The number of benzene rings is 2. The molecule has 5 nitrogen and oxygen atoms in total. The van der Waals surface area contributed by atoms with Gasteiger partial charge < -0.3 is 18.9 Å². The Hall–Kier alpha value is -2.52. The SMILES string of the molecule is FC(F)(F)c1ccc(Oc2ccc(OCCCOc3c(Cl)cc(OC=CC(Cl)Cl)cc3Cl)cc2)nc1. The highest BCUT2D eigenvalue weighted by molar-refractivity contribution is 6.45. The molecule has 3 rings (SSSR count). The molecule has 0 bridgehead atoms. The molecule has 0 spiro atoms. The average molecular weight is 583 g/mol. The Labute approximate surface area is 225 Å². The van der Waals surface area contributed by atoms with Crippen LogP contribution in [0.5, 0.6) is 28.9 Å². The van der Waals surface area contributed by atoms with Gasteiger partial charge in [-0.2, -0.15) is 13.2 Å². The van der Waals surface area contributed by atoms with Gasteiger partial charge in [0, 0.05) is 30.8 Å². The van der Waals surface area contributed by atoms with Gasteiger partial charge in [-0.1, -0.05) is 23.2 Å². The van der Waals surface area contributed by atoms with E-state index in [-0.39, 0.29) is 15.9 Å². The number of nitrogens with zero attached hydrogens (tertiary/aromatic N) is 1. The summed E-state index contributed by atoms with van der Waals surface area (Å²) in [5, 5.41) is 0.552. The van der Waals surface area contributed by atoms with E-state index in [2.05, 4.69) is 4.98 Å². The van der Waals surface area contributed by atoms with Crippen LogP contribution < -0.4 is 18.9 Å². The van der Waals surface area contributed by atoms with Crippen LogP contribution in [-0.2, 0) is 6.18 Å². The van der Waals surface area contributed by atoms with Crippen LogP contribution in [0.25, 0.3) is 0 Å². The molecule has 12 heteroatoms. The highest BCUT2D eigenvalue weighted by Gasteiger charge is 2.30. The lowest BCUT2D eigenvalue weighted by Crippen LogP contribution is -2.05. The maximum atomic E-state index is 12.6. The summed E-state index contributed by atoms with van der Waals surface area (Å²) in [5.74, 6) is 1.73. The Kier molecular flexibility index (Phi) is 10.2. The van der Waals surface area contributed by atoms with E-state index in [4.69, 9.17) is 65.4 Å². The van der Waals surface area contributed by atoms with Crippen LogP contribution in [-0.4, -0.2) is 23.0 Å². The molecule has 0 N–H and O–H groups in total. The van der Waals surface area contributed by atoms with Crippen molar-refractivity contribution in [1.82, 2.24) is 4.98 Å². The maximum absolute atomic E-state index is 12.6. The number of pyridine rings is 1. The highest BCUT2D eigenvalue weighted by Crippen LogP contribution is 2.37. The van der Waals surface area contributed by atoms with E-state index in [0.717, 1.165) is 12.1 Å². The Morgan fingerprint density at radius 1 is 0.861 bits per heavy atom. The molecule has 0 unspecified atom stereocenters. The van der Waals surface area contributed by atoms with Crippen molar-refractivity contribution in [3.05, 3.63) is 82.7 Å². The Morgan fingerprint density at radius 3 is 2.08 bits per heavy atom. The van der Waals surface area contributed by atoms with Gasteiger partial charge in [0.15, 0.2) is 5.75 Å². The summed E-state index contributed by atoms with van der Waals surface area (Å²) in [6.07, 6.45) is -0.436. The highest BCUT2D eigenvalue weighted by atomic mass is 35.5. The number of rotatable bonds is 11. The van der Waals surface area contributed by atoms with Crippen LogP contribution in [0, 0.1) is 0 Å². The molecule has 0 aliphatic heterocycles. The first-order chi connectivity index (χ1) is 17.1. The molecule has 0 saturated heterocycles. The van der Waals surface area contributed by atoms with Crippen molar-refractivity contribution in [3.8, 4) is 28.9 Å². The molecule has 0 saturated carbocycles. The largest absolute Gasteiger partial charge is 0.493 e. The molecule has 192 valence electrons. The van der Waals surface area contributed by atoms with Crippen molar-refractivity contribution in [2.75, 3.05) is 13.2 Å². The molecule has 0 aliphatic rings. The van der Waals surface area contributed by atoms with Crippen LogP contribution in [0.2, 0.25) is 10.0 Å². The van der Waals surface area contributed by atoms with Gasteiger partial charge in [-0.25, -0.2) is 4.98 Å². The fourth-order valence-corrected chi connectivity index (χ4v) is 3.37. The molecule has 0 atom stereocenters. The third-order valence-corrected chi connectivity index (χ3v) is 5.17. The molecule has 0 radical (unpaired) electrons. The number of ether oxygens (including phenoxy) is 4. The molecule has 0 amide bonds. The van der Waals surface area contributed by atoms with E-state index in [1.165, 1.54) is 12.3 Å². The summed E-state index contributed by atoms with van der Waals surface area (Å²) in [5.41, 5.74) is -0.848. The Bertz CT molecular complexity index is 1130. The minimum Gasteiger partial charge on any atom is -0.493 e. The molecular formula is C24H18Cl4F3NO4. The molecular weight excluding hydrogens is 565 g/mol. The van der Waals surface area contributed by atoms with Crippen LogP contribution >= 0.6 is 46.4 Å². The normalized spacial score (nSPS) is 11.7. The van der Waals surface area contributed by atoms with Gasteiger partial charge >= 0.3 is 6.18 Å². The lowest BCUT2D eigenvalue weighted by Gasteiger charge is -2.12. The van der Waals surface area contributed by atoms with Crippen molar-refractivity contribution in [1.29, 1.82) is 0 Å². The number of hydrogen-bond acceptors (Lipinski definition) is 5. The number of halogens is 7. The van der Waals surface area contributed by atoms with E-state index in [9.17, 15) is 13.2 Å².